The zero-order chi connectivity index (χ0) is 12.0. The fourth-order valence-electron chi connectivity index (χ4n) is 1.22. The minimum absolute atomic E-state index is 0.0943. The summed E-state index contributed by atoms with van der Waals surface area (Å²) in [6.07, 6.45) is 1.68. The van der Waals surface area contributed by atoms with Crippen molar-refractivity contribution < 1.29 is 4.79 Å². The molecule has 0 heterocycles. The molecule has 4 nitrogen and oxygen atoms in total. The van der Waals surface area contributed by atoms with Crippen molar-refractivity contribution in [1.29, 1.82) is 0 Å². The van der Waals surface area contributed by atoms with Crippen molar-refractivity contribution in [3.05, 3.63) is 12.7 Å². The first-order valence-corrected chi connectivity index (χ1v) is 5.08. The van der Waals surface area contributed by atoms with E-state index in [1.54, 1.807) is 11.0 Å². The van der Waals surface area contributed by atoms with Crippen LogP contribution in [0.4, 0.5) is 0 Å². The van der Waals surface area contributed by atoms with Gasteiger partial charge in [0.15, 0.2) is 0 Å². The molecule has 0 unspecified atom stereocenters. The van der Waals surface area contributed by atoms with Crippen molar-refractivity contribution in [2.75, 3.05) is 48.3 Å². The molecule has 4 heteroatoms. The van der Waals surface area contributed by atoms with Gasteiger partial charge in [-0.1, -0.05) is 6.08 Å². The Bertz CT molecular complexity index is 214. The Hall–Kier alpha value is -0.870. The van der Waals surface area contributed by atoms with Crippen LogP contribution < -0.4 is 0 Å². The van der Waals surface area contributed by atoms with Gasteiger partial charge in [-0.15, -0.1) is 6.58 Å². The molecule has 0 aromatic rings. The van der Waals surface area contributed by atoms with E-state index >= 15 is 0 Å². The average Bonchev–Trinajstić information content (AvgIpc) is 2.14. The second-order valence-electron chi connectivity index (χ2n) is 4.21. The summed E-state index contributed by atoms with van der Waals surface area (Å²) < 4.78 is 0. The topological polar surface area (TPSA) is 26.8 Å². The normalized spacial score (nSPS) is 13.0. The summed E-state index contributed by atoms with van der Waals surface area (Å²) in [7, 11) is 9.57. The Labute approximate surface area is 93.1 Å². The van der Waals surface area contributed by atoms with Crippen LogP contribution >= 0.6 is 0 Å². The van der Waals surface area contributed by atoms with Crippen molar-refractivity contribution in [1.82, 2.24) is 14.7 Å². The van der Waals surface area contributed by atoms with Crippen molar-refractivity contribution in [2.24, 2.45) is 0 Å². The molecule has 0 aromatic carbocycles. The molecule has 0 rings (SSSR count). The number of hydrogen-bond donors (Lipinski definition) is 0. The monoisotopic (exact) mass is 213 g/mol. The highest BCUT2D eigenvalue weighted by Crippen LogP contribution is 2.00. The first kappa shape index (κ1) is 14.1. The van der Waals surface area contributed by atoms with E-state index in [2.05, 4.69) is 11.5 Å². The maximum absolute atomic E-state index is 11.9. The van der Waals surface area contributed by atoms with Crippen LogP contribution in [0.2, 0.25) is 0 Å². The molecular weight excluding hydrogens is 190 g/mol. The highest BCUT2D eigenvalue weighted by molar-refractivity contribution is 5.83. The summed E-state index contributed by atoms with van der Waals surface area (Å²) in [6, 6.07) is -0.225. The molecule has 88 valence electrons. The molecule has 0 radical (unpaired) electrons. The van der Waals surface area contributed by atoms with Gasteiger partial charge in [0.2, 0.25) is 5.91 Å². The zero-order valence-corrected chi connectivity index (χ0v) is 10.5. The van der Waals surface area contributed by atoms with Gasteiger partial charge in [-0.05, 0) is 28.2 Å². The lowest BCUT2D eigenvalue weighted by atomic mass is 10.2. The Balaban J connectivity index is 4.22. The second kappa shape index (κ2) is 6.58. The van der Waals surface area contributed by atoms with Gasteiger partial charge in [-0.2, -0.15) is 0 Å². The van der Waals surface area contributed by atoms with E-state index in [0.717, 1.165) is 13.1 Å². The Morgan fingerprint density at radius 2 is 1.73 bits per heavy atom. The lowest BCUT2D eigenvalue weighted by molar-refractivity contribution is -0.133. The molecule has 0 aliphatic rings. The van der Waals surface area contributed by atoms with Crippen molar-refractivity contribution in [2.45, 2.75) is 6.04 Å². The number of amides is 1. The zero-order valence-electron chi connectivity index (χ0n) is 10.5. The SMILES string of the molecule is C=C[C@H](C(=O)N(C)CCN(C)C)N(C)C. The van der Waals surface area contributed by atoms with E-state index in [0.29, 0.717) is 0 Å². The molecule has 15 heavy (non-hydrogen) atoms. The predicted octanol–water partition coefficient (Wildman–Crippen LogP) is 0.123. The van der Waals surface area contributed by atoms with Gasteiger partial charge >= 0.3 is 0 Å². The highest BCUT2D eigenvalue weighted by Gasteiger charge is 2.20. The highest BCUT2D eigenvalue weighted by atomic mass is 16.2. The molecule has 0 fully saturated rings. The predicted molar refractivity (Wildman–Crippen MR) is 63.9 cm³/mol. The third-order valence-electron chi connectivity index (χ3n) is 2.29. The molecule has 0 bridgehead atoms. The van der Waals surface area contributed by atoms with Gasteiger partial charge in [0.05, 0.1) is 0 Å². The van der Waals surface area contributed by atoms with Crippen LogP contribution in [0, 0.1) is 0 Å². The van der Waals surface area contributed by atoms with Crippen LogP contribution in [0.1, 0.15) is 0 Å². The summed E-state index contributed by atoms with van der Waals surface area (Å²) in [5, 5.41) is 0. The number of hydrogen-bond acceptors (Lipinski definition) is 3. The molecule has 0 aliphatic carbocycles. The van der Waals surface area contributed by atoms with Crippen LogP contribution in [0.5, 0.6) is 0 Å². The summed E-state index contributed by atoms with van der Waals surface area (Å²) in [4.78, 5) is 17.6. The van der Waals surface area contributed by atoms with E-state index in [9.17, 15) is 4.79 Å². The third kappa shape index (κ3) is 4.95. The Kier molecular flexibility index (Phi) is 6.20. The van der Waals surface area contributed by atoms with E-state index in [4.69, 9.17) is 0 Å². The van der Waals surface area contributed by atoms with E-state index in [-0.39, 0.29) is 11.9 Å². The van der Waals surface area contributed by atoms with E-state index in [1.165, 1.54) is 0 Å². The van der Waals surface area contributed by atoms with Crippen LogP contribution in [0.3, 0.4) is 0 Å². The van der Waals surface area contributed by atoms with Gasteiger partial charge in [0, 0.05) is 20.1 Å². The standard InChI is InChI=1S/C11H23N3O/c1-7-10(13(4)5)11(15)14(6)9-8-12(2)3/h7,10H,1,8-9H2,2-6H3/t10-/m1/s1. The number of rotatable bonds is 6. The third-order valence-corrected chi connectivity index (χ3v) is 2.29. The fourth-order valence-corrected chi connectivity index (χ4v) is 1.22. The molecule has 0 aliphatic heterocycles. The van der Waals surface area contributed by atoms with Crippen LogP contribution in [0.15, 0.2) is 12.7 Å². The number of carbonyl (C=O) groups is 1. The minimum Gasteiger partial charge on any atom is -0.343 e. The van der Waals surface area contributed by atoms with Crippen LogP contribution in [0.25, 0.3) is 0 Å². The van der Waals surface area contributed by atoms with Crippen LogP contribution in [-0.4, -0.2) is 75.0 Å². The van der Waals surface area contributed by atoms with Gasteiger partial charge in [0.25, 0.3) is 0 Å². The van der Waals surface area contributed by atoms with Crippen molar-refractivity contribution >= 4 is 5.91 Å². The maximum Gasteiger partial charge on any atom is 0.243 e. The molecule has 0 saturated carbocycles. The largest absolute Gasteiger partial charge is 0.343 e. The van der Waals surface area contributed by atoms with Gasteiger partial charge in [0.1, 0.15) is 6.04 Å². The molecule has 0 spiro atoms. The summed E-state index contributed by atoms with van der Waals surface area (Å²) in [5.41, 5.74) is 0. The first-order chi connectivity index (χ1) is 6.90. The smallest absolute Gasteiger partial charge is 0.243 e. The number of likely N-dealkylation sites (N-methyl/N-ethyl adjacent to an activating group) is 3. The van der Waals surface area contributed by atoms with Gasteiger partial charge in [-0.25, -0.2) is 0 Å². The summed E-state index contributed by atoms with van der Waals surface area (Å²) in [6.45, 7) is 5.30. The molecule has 1 atom stereocenters. The maximum atomic E-state index is 11.9. The van der Waals surface area contributed by atoms with Crippen LogP contribution in [-0.2, 0) is 4.79 Å². The summed E-state index contributed by atoms with van der Waals surface area (Å²) in [5.74, 6) is 0.0943. The lowest BCUT2D eigenvalue weighted by Crippen LogP contribution is -2.45. The molecule has 0 saturated heterocycles. The average molecular weight is 213 g/mol. The molecule has 0 N–H and O–H groups in total. The first-order valence-electron chi connectivity index (χ1n) is 5.08. The van der Waals surface area contributed by atoms with Gasteiger partial charge < -0.3 is 9.80 Å². The van der Waals surface area contributed by atoms with Crippen molar-refractivity contribution in [3.63, 3.8) is 0 Å². The lowest BCUT2D eigenvalue weighted by Gasteiger charge is -2.26. The Morgan fingerprint density at radius 1 is 1.20 bits per heavy atom. The number of nitrogens with zero attached hydrogens (tertiary/aromatic N) is 3. The fraction of sp³-hybridized carbons (Fsp3) is 0.727. The second-order valence-corrected chi connectivity index (χ2v) is 4.21. The van der Waals surface area contributed by atoms with Crippen molar-refractivity contribution in [3.8, 4) is 0 Å². The molecule has 1 amide bonds. The minimum atomic E-state index is -0.225. The quantitative estimate of drug-likeness (QED) is 0.587. The summed E-state index contributed by atoms with van der Waals surface area (Å²) >= 11 is 0. The van der Waals surface area contributed by atoms with E-state index < -0.39 is 0 Å². The Morgan fingerprint density at radius 3 is 2.07 bits per heavy atom. The van der Waals surface area contributed by atoms with E-state index in [1.807, 2.05) is 40.1 Å². The molecular formula is C11H23N3O. The number of carbonyl (C=O) groups excluding carboxylic acids is 1. The van der Waals surface area contributed by atoms with Gasteiger partial charge in [-0.3, -0.25) is 9.69 Å². The molecule has 0 aromatic heterocycles.